The molecule has 0 amide bonds. The van der Waals surface area contributed by atoms with Gasteiger partial charge in [0.15, 0.2) is 5.65 Å². The van der Waals surface area contributed by atoms with Crippen LogP contribution in [-0.4, -0.2) is 23.2 Å². The lowest BCUT2D eigenvalue weighted by Crippen LogP contribution is -2.13. The summed E-state index contributed by atoms with van der Waals surface area (Å²) in [5.41, 5.74) is 1.93. The number of aryl methyl sites for hydroxylation is 2. The number of hydrogen-bond donors (Lipinski definition) is 1. The summed E-state index contributed by atoms with van der Waals surface area (Å²) in [6.45, 7) is 1.87. The standard InChI is InChI=1S/C18H16N4O2S/c1-12-17-10-15(11-19-18(17)22(2)20-12)21-25(23,24)16-8-7-13-5-3-4-6-14(13)9-16/h3-11,21H,1-2H3. The molecule has 0 aliphatic rings. The van der Waals surface area contributed by atoms with E-state index in [1.54, 1.807) is 36.0 Å². The van der Waals surface area contributed by atoms with Gasteiger partial charge in [-0.1, -0.05) is 30.3 Å². The molecule has 7 heteroatoms. The molecule has 0 fully saturated rings. The number of pyridine rings is 1. The van der Waals surface area contributed by atoms with Gasteiger partial charge in [0, 0.05) is 12.4 Å². The highest BCUT2D eigenvalue weighted by Crippen LogP contribution is 2.23. The largest absolute Gasteiger partial charge is 0.278 e. The first-order chi connectivity index (χ1) is 11.9. The molecule has 0 atom stereocenters. The van der Waals surface area contributed by atoms with Crippen LogP contribution in [0.5, 0.6) is 0 Å². The molecule has 25 heavy (non-hydrogen) atoms. The minimum Gasteiger partial charge on any atom is -0.278 e. The molecule has 0 aliphatic carbocycles. The second-order valence-corrected chi connectivity index (χ2v) is 7.60. The van der Waals surface area contributed by atoms with E-state index in [1.165, 1.54) is 6.20 Å². The second-order valence-electron chi connectivity index (χ2n) is 5.92. The Balaban J connectivity index is 1.74. The Morgan fingerprint density at radius 1 is 1.04 bits per heavy atom. The number of anilines is 1. The van der Waals surface area contributed by atoms with Crippen molar-refractivity contribution in [2.75, 3.05) is 4.72 Å². The average molecular weight is 352 g/mol. The Hall–Kier alpha value is -2.93. The van der Waals surface area contributed by atoms with Gasteiger partial charge in [-0.05, 0) is 35.9 Å². The molecule has 0 bridgehead atoms. The molecule has 2 aromatic heterocycles. The summed E-state index contributed by atoms with van der Waals surface area (Å²) in [5.74, 6) is 0. The van der Waals surface area contributed by atoms with Crippen LogP contribution in [0.1, 0.15) is 5.69 Å². The summed E-state index contributed by atoms with van der Waals surface area (Å²) in [4.78, 5) is 4.52. The van der Waals surface area contributed by atoms with E-state index in [0.717, 1.165) is 21.9 Å². The van der Waals surface area contributed by atoms with Crippen molar-refractivity contribution in [3.8, 4) is 0 Å². The summed E-state index contributed by atoms with van der Waals surface area (Å²) < 4.78 is 29.7. The van der Waals surface area contributed by atoms with Crippen molar-refractivity contribution in [3.63, 3.8) is 0 Å². The fourth-order valence-corrected chi connectivity index (χ4v) is 3.98. The van der Waals surface area contributed by atoms with Gasteiger partial charge in [-0.3, -0.25) is 9.40 Å². The van der Waals surface area contributed by atoms with Gasteiger partial charge in [-0.25, -0.2) is 13.4 Å². The molecule has 2 aromatic carbocycles. The molecule has 1 N–H and O–H groups in total. The third-order valence-electron chi connectivity index (χ3n) is 4.15. The van der Waals surface area contributed by atoms with Crippen LogP contribution in [0.25, 0.3) is 21.8 Å². The second kappa shape index (κ2) is 5.56. The molecule has 6 nitrogen and oxygen atoms in total. The van der Waals surface area contributed by atoms with Gasteiger partial charge in [0.05, 0.1) is 22.5 Å². The van der Waals surface area contributed by atoms with E-state index in [-0.39, 0.29) is 4.90 Å². The lowest BCUT2D eigenvalue weighted by atomic mass is 10.1. The van der Waals surface area contributed by atoms with Crippen LogP contribution in [0.3, 0.4) is 0 Å². The highest BCUT2D eigenvalue weighted by atomic mass is 32.2. The van der Waals surface area contributed by atoms with E-state index in [4.69, 9.17) is 0 Å². The summed E-state index contributed by atoms with van der Waals surface area (Å²) >= 11 is 0. The first-order valence-corrected chi connectivity index (χ1v) is 9.23. The van der Waals surface area contributed by atoms with Crippen LogP contribution < -0.4 is 4.72 Å². The molecule has 0 radical (unpaired) electrons. The number of fused-ring (bicyclic) bond motifs is 2. The molecule has 0 spiro atoms. The van der Waals surface area contributed by atoms with Crippen LogP contribution in [0.15, 0.2) is 59.6 Å². The average Bonchev–Trinajstić information content (AvgIpc) is 2.88. The maximum atomic E-state index is 12.7. The lowest BCUT2D eigenvalue weighted by molar-refractivity contribution is 0.601. The van der Waals surface area contributed by atoms with Gasteiger partial charge in [-0.2, -0.15) is 5.10 Å². The van der Waals surface area contributed by atoms with Crippen LogP contribution in [0, 0.1) is 6.92 Å². The normalized spacial score (nSPS) is 11.9. The third kappa shape index (κ3) is 2.72. The van der Waals surface area contributed by atoms with E-state index in [2.05, 4.69) is 14.8 Å². The Kier molecular flexibility index (Phi) is 3.47. The van der Waals surface area contributed by atoms with E-state index >= 15 is 0 Å². The number of nitrogens with zero attached hydrogens (tertiary/aromatic N) is 3. The van der Waals surface area contributed by atoms with Gasteiger partial charge >= 0.3 is 0 Å². The predicted molar refractivity (Wildman–Crippen MR) is 98.0 cm³/mol. The van der Waals surface area contributed by atoms with E-state index in [0.29, 0.717) is 11.3 Å². The Bertz CT molecular complexity index is 1210. The summed E-state index contributed by atoms with van der Waals surface area (Å²) in [5, 5.41) is 6.99. The van der Waals surface area contributed by atoms with Crippen molar-refractivity contribution in [1.82, 2.24) is 14.8 Å². The summed E-state index contributed by atoms with van der Waals surface area (Å²) in [6, 6.07) is 14.5. The Morgan fingerprint density at radius 3 is 2.60 bits per heavy atom. The van der Waals surface area contributed by atoms with E-state index in [9.17, 15) is 8.42 Å². The smallest absolute Gasteiger partial charge is 0.261 e. The monoisotopic (exact) mass is 352 g/mol. The van der Waals surface area contributed by atoms with Gasteiger partial charge in [0.1, 0.15) is 0 Å². The molecule has 4 aromatic rings. The highest BCUT2D eigenvalue weighted by Gasteiger charge is 2.16. The Morgan fingerprint density at radius 2 is 1.80 bits per heavy atom. The first-order valence-electron chi connectivity index (χ1n) is 7.75. The van der Waals surface area contributed by atoms with Crippen LogP contribution >= 0.6 is 0 Å². The lowest BCUT2D eigenvalue weighted by Gasteiger charge is -2.09. The molecule has 0 aliphatic heterocycles. The Labute approximate surface area is 145 Å². The fraction of sp³-hybridized carbons (Fsp3) is 0.111. The quantitative estimate of drug-likeness (QED) is 0.614. The highest BCUT2D eigenvalue weighted by molar-refractivity contribution is 7.92. The van der Waals surface area contributed by atoms with Gasteiger partial charge in [0.25, 0.3) is 10.0 Å². The van der Waals surface area contributed by atoms with Crippen LogP contribution in [-0.2, 0) is 17.1 Å². The molecule has 4 rings (SSSR count). The minimum atomic E-state index is -3.70. The maximum Gasteiger partial charge on any atom is 0.261 e. The van der Waals surface area contributed by atoms with Crippen molar-refractivity contribution in [1.29, 1.82) is 0 Å². The topological polar surface area (TPSA) is 76.9 Å². The molecule has 0 unspecified atom stereocenters. The van der Waals surface area contributed by atoms with Gasteiger partial charge in [0.2, 0.25) is 0 Å². The fourth-order valence-electron chi connectivity index (χ4n) is 2.91. The zero-order valence-corrected chi connectivity index (χ0v) is 14.6. The summed E-state index contributed by atoms with van der Waals surface area (Å²) in [6.07, 6.45) is 1.50. The zero-order chi connectivity index (χ0) is 17.6. The number of nitrogens with one attached hydrogen (secondary N) is 1. The molecular weight excluding hydrogens is 336 g/mol. The van der Waals surface area contributed by atoms with Crippen molar-refractivity contribution in [2.45, 2.75) is 11.8 Å². The molecule has 126 valence electrons. The summed E-state index contributed by atoms with van der Waals surface area (Å²) in [7, 11) is -1.89. The molecule has 0 saturated heterocycles. The van der Waals surface area contributed by atoms with Gasteiger partial charge < -0.3 is 0 Å². The van der Waals surface area contributed by atoms with Crippen molar-refractivity contribution >= 4 is 37.5 Å². The molecular formula is C18H16N4O2S. The van der Waals surface area contributed by atoms with E-state index < -0.39 is 10.0 Å². The number of sulfonamides is 1. The van der Waals surface area contributed by atoms with Gasteiger partial charge in [-0.15, -0.1) is 0 Å². The van der Waals surface area contributed by atoms with Crippen LogP contribution in [0.4, 0.5) is 5.69 Å². The first kappa shape index (κ1) is 15.6. The van der Waals surface area contributed by atoms with Crippen LogP contribution in [0.2, 0.25) is 0 Å². The van der Waals surface area contributed by atoms with E-state index in [1.807, 2.05) is 31.2 Å². The number of rotatable bonds is 3. The number of hydrogen-bond acceptors (Lipinski definition) is 4. The van der Waals surface area contributed by atoms with Crippen molar-refractivity contribution < 1.29 is 8.42 Å². The number of benzene rings is 2. The molecule has 0 saturated carbocycles. The predicted octanol–water partition coefficient (Wildman–Crippen LogP) is 3.23. The van der Waals surface area contributed by atoms with Crippen molar-refractivity contribution in [3.05, 3.63) is 60.4 Å². The maximum absolute atomic E-state index is 12.7. The number of aromatic nitrogens is 3. The zero-order valence-electron chi connectivity index (χ0n) is 13.8. The van der Waals surface area contributed by atoms with Crippen molar-refractivity contribution in [2.24, 2.45) is 7.05 Å². The molecule has 2 heterocycles. The third-order valence-corrected chi connectivity index (χ3v) is 5.53. The SMILES string of the molecule is Cc1nn(C)c2ncc(NS(=O)(=O)c3ccc4ccccc4c3)cc12. The minimum absolute atomic E-state index is 0.217.